The maximum Gasteiger partial charge on any atom is 0.0808 e. The molecule has 0 unspecified atom stereocenters. The van der Waals surface area contributed by atoms with Crippen LogP contribution in [0.4, 0.5) is 0 Å². The van der Waals surface area contributed by atoms with Crippen LogP contribution in [0.2, 0.25) is 0 Å². The topological polar surface area (TPSA) is 60.7 Å². The minimum Gasteiger partial charge on any atom is -0.396 e. The van der Waals surface area contributed by atoms with Crippen molar-refractivity contribution in [1.82, 2.24) is 0 Å². The van der Waals surface area contributed by atoms with Crippen molar-refractivity contribution in [2.45, 2.75) is 129 Å². The Balaban J connectivity index is 3.71. The molecule has 0 aromatic carbocycles. The second kappa shape index (κ2) is 24.5. The first-order valence-electron chi connectivity index (χ1n) is 13.9. The van der Waals surface area contributed by atoms with Gasteiger partial charge in [-0.05, 0) is 12.8 Å². The predicted molar refractivity (Wildman–Crippen MR) is 134 cm³/mol. The first-order chi connectivity index (χ1) is 15.2. The maximum absolute atomic E-state index is 9.28. The van der Waals surface area contributed by atoms with Crippen molar-refractivity contribution in [3.63, 3.8) is 0 Å². The van der Waals surface area contributed by atoms with Crippen LogP contribution in [0.3, 0.4) is 0 Å². The van der Waals surface area contributed by atoms with Crippen molar-refractivity contribution < 1.29 is 19.8 Å². The van der Waals surface area contributed by atoms with E-state index in [2.05, 4.69) is 6.92 Å². The van der Waals surface area contributed by atoms with Crippen molar-refractivity contribution in [2.75, 3.05) is 46.0 Å². The molecule has 0 aliphatic heterocycles. The summed E-state index contributed by atoms with van der Waals surface area (Å²) >= 11 is 0. The smallest absolute Gasteiger partial charge is 0.0808 e. The number of hydrogen-bond acceptors (Lipinski definition) is 3. The number of unbranched alkanes of at least 4 members (excludes halogenated alkanes) is 15. The molecule has 0 aromatic heterocycles. The van der Waals surface area contributed by atoms with Crippen LogP contribution in [0.25, 0.3) is 0 Å². The van der Waals surface area contributed by atoms with Crippen LogP contribution in [0.15, 0.2) is 0 Å². The predicted octanol–water partition coefficient (Wildman–Crippen LogP) is 6.21. The lowest BCUT2D eigenvalue weighted by atomic mass is 10.0. The third-order valence-corrected chi connectivity index (χ3v) is 6.86. The van der Waals surface area contributed by atoms with Crippen molar-refractivity contribution in [3.05, 3.63) is 0 Å². The Kier molecular flexibility index (Phi) is 24.4. The Bertz CT molecular complexity index is 317. The van der Waals surface area contributed by atoms with Gasteiger partial charge in [-0.25, -0.2) is 0 Å². The summed E-state index contributed by atoms with van der Waals surface area (Å²) in [6.07, 6.45) is 24.7. The summed E-state index contributed by atoms with van der Waals surface area (Å²) in [5, 5.41) is 27.9. The Morgan fingerprint density at radius 3 is 0.903 bits per heavy atom. The maximum atomic E-state index is 9.28. The third kappa shape index (κ3) is 20.2. The van der Waals surface area contributed by atoms with E-state index >= 15 is 0 Å². The van der Waals surface area contributed by atoms with Crippen LogP contribution in [0.1, 0.15) is 129 Å². The molecule has 0 saturated carbocycles. The molecule has 31 heavy (non-hydrogen) atoms. The normalized spacial score (nSPS) is 12.0. The molecule has 4 heteroatoms. The van der Waals surface area contributed by atoms with Gasteiger partial charge in [-0.2, -0.15) is 0 Å². The number of aliphatic hydroxyl groups is 3. The van der Waals surface area contributed by atoms with E-state index in [0.717, 1.165) is 49.9 Å². The Hall–Kier alpha value is -0.160. The number of nitrogens with zero attached hydrogens (tertiary/aromatic N) is 1. The van der Waals surface area contributed by atoms with Gasteiger partial charge >= 0.3 is 0 Å². The molecule has 0 fully saturated rings. The van der Waals surface area contributed by atoms with Gasteiger partial charge in [-0.15, -0.1) is 0 Å². The minimum atomic E-state index is 0.233. The van der Waals surface area contributed by atoms with Gasteiger partial charge in [-0.1, -0.05) is 96.8 Å². The van der Waals surface area contributed by atoms with Crippen molar-refractivity contribution in [2.24, 2.45) is 0 Å². The van der Waals surface area contributed by atoms with Crippen LogP contribution >= 0.6 is 0 Å². The highest BCUT2D eigenvalue weighted by molar-refractivity contribution is 4.53. The SMILES string of the molecule is CCCCCCCCCCCCCCCCCC[N+](CCCO)(CCCO)CCCO. The van der Waals surface area contributed by atoms with Crippen molar-refractivity contribution in [3.8, 4) is 0 Å². The highest BCUT2D eigenvalue weighted by atomic mass is 16.3. The van der Waals surface area contributed by atoms with Crippen LogP contribution in [-0.4, -0.2) is 65.8 Å². The zero-order valence-corrected chi connectivity index (χ0v) is 21.2. The fraction of sp³-hybridized carbons (Fsp3) is 1.00. The summed E-state index contributed by atoms with van der Waals surface area (Å²) in [5.74, 6) is 0. The van der Waals surface area contributed by atoms with Gasteiger partial charge in [0.15, 0.2) is 0 Å². The van der Waals surface area contributed by atoms with E-state index in [4.69, 9.17) is 0 Å². The number of rotatable bonds is 26. The molecule has 0 rings (SSSR count). The van der Waals surface area contributed by atoms with Gasteiger partial charge in [0.1, 0.15) is 0 Å². The van der Waals surface area contributed by atoms with Crippen LogP contribution in [0.5, 0.6) is 0 Å². The molecular formula is C27H58NO3+. The molecule has 0 aliphatic carbocycles. The van der Waals surface area contributed by atoms with E-state index in [1.807, 2.05) is 0 Å². The average Bonchev–Trinajstić information content (AvgIpc) is 2.79. The second-order valence-electron chi connectivity index (χ2n) is 9.77. The zero-order valence-electron chi connectivity index (χ0n) is 21.2. The molecule has 0 saturated heterocycles. The molecule has 0 atom stereocenters. The number of hydrogen-bond donors (Lipinski definition) is 3. The summed E-state index contributed by atoms with van der Waals surface area (Å²) in [4.78, 5) is 0. The van der Waals surface area contributed by atoms with Crippen molar-refractivity contribution >= 4 is 0 Å². The molecule has 0 spiro atoms. The molecule has 0 amide bonds. The van der Waals surface area contributed by atoms with E-state index in [1.165, 1.54) is 103 Å². The lowest BCUT2D eigenvalue weighted by molar-refractivity contribution is -0.929. The van der Waals surface area contributed by atoms with Crippen LogP contribution in [0, 0.1) is 0 Å². The van der Waals surface area contributed by atoms with E-state index in [0.29, 0.717) is 0 Å². The fourth-order valence-corrected chi connectivity index (χ4v) is 4.88. The van der Waals surface area contributed by atoms with E-state index in [-0.39, 0.29) is 19.8 Å². The Morgan fingerprint density at radius 2 is 0.613 bits per heavy atom. The molecule has 4 nitrogen and oxygen atoms in total. The van der Waals surface area contributed by atoms with Crippen LogP contribution in [-0.2, 0) is 0 Å². The lowest BCUT2D eigenvalue weighted by Crippen LogP contribution is -2.51. The zero-order chi connectivity index (χ0) is 22.9. The summed E-state index contributed by atoms with van der Waals surface area (Å²) in [6.45, 7) is 7.01. The van der Waals surface area contributed by atoms with E-state index in [1.54, 1.807) is 0 Å². The summed E-state index contributed by atoms with van der Waals surface area (Å²) in [6, 6.07) is 0. The summed E-state index contributed by atoms with van der Waals surface area (Å²) < 4.78 is 0.959. The molecule has 0 bridgehead atoms. The lowest BCUT2D eigenvalue weighted by Gasteiger charge is -2.39. The van der Waals surface area contributed by atoms with E-state index in [9.17, 15) is 15.3 Å². The Labute approximate surface area is 195 Å². The molecule has 0 aliphatic rings. The molecule has 0 radical (unpaired) electrons. The quantitative estimate of drug-likeness (QED) is 0.110. The highest BCUT2D eigenvalue weighted by Crippen LogP contribution is 2.17. The minimum absolute atomic E-state index is 0.233. The largest absolute Gasteiger partial charge is 0.396 e. The van der Waals surface area contributed by atoms with Gasteiger partial charge in [-0.3, -0.25) is 0 Å². The van der Waals surface area contributed by atoms with Crippen molar-refractivity contribution in [1.29, 1.82) is 0 Å². The first kappa shape index (κ1) is 30.8. The third-order valence-electron chi connectivity index (χ3n) is 6.86. The van der Waals surface area contributed by atoms with Gasteiger partial charge in [0, 0.05) is 39.1 Å². The molecule has 3 N–H and O–H groups in total. The summed E-state index contributed by atoms with van der Waals surface area (Å²) in [7, 11) is 0. The standard InChI is InChI=1S/C27H58NO3/c1-2-3-4-5-6-7-8-9-10-11-12-13-14-15-16-17-21-28(22-18-25-29,23-19-26-30)24-20-27-31/h29-31H,2-27H2,1H3/q+1. The van der Waals surface area contributed by atoms with Gasteiger partial charge in [0.05, 0.1) is 26.2 Å². The monoisotopic (exact) mass is 444 g/mol. The van der Waals surface area contributed by atoms with E-state index < -0.39 is 0 Å². The van der Waals surface area contributed by atoms with Gasteiger partial charge < -0.3 is 19.8 Å². The molecule has 188 valence electrons. The fourth-order valence-electron chi connectivity index (χ4n) is 4.88. The number of aliphatic hydroxyl groups excluding tert-OH is 3. The van der Waals surface area contributed by atoms with Crippen LogP contribution < -0.4 is 0 Å². The average molecular weight is 445 g/mol. The first-order valence-corrected chi connectivity index (χ1v) is 13.9. The molecule has 0 aromatic rings. The Morgan fingerprint density at radius 1 is 0.355 bits per heavy atom. The highest BCUT2D eigenvalue weighted by Gasteiger charge is 2.25. The number of quaternary nitrogens is 1. The second-order valence-corrected chi connectivity index (χ2v) is 9.77. The van der Waals surface area contributed by atoms with Gasteiger partial charge in [0.2, 0.25) is 0 Å². The summed E-state index contributed by atoms with van der Waals surface area (Å²) in [5.41, 5.74) is 0. The molecule has 0 heterocycles. The van der Waals surface area contributed by atoms with Gasteiger partial charge in [0.25, 0.3) is 0 Å². The molecular weight excluding hydrogens is 386 g/mol.